The van der Waals surface area contributed by atoms with Crippen LogP contribution in [0.15, 0.2) is 59.3 Å². The fraction of sp³-hybridized carbons (Fsp3) is 0.133. The number of pyridine rings is 1. The van der Waals surface area contributed by atoms with Crippen molar-refractivity contribution in [1.29, 1.82) is 0 Å². The molecule has 18 heavy (non-hydrogen) atoms. The smallest absolute Gasteiger partial charge is 0.134 e. The molecule has 0 saturated carbocycles. The van der Waals surface area contributed by atoms with Crippen LogP contribution in [0.2, 0.25) is 0 Å². The third-order valence-corrected chi connectivity index (χ3v) is 2.91. The van der Waals surface area contributed by atoms with E-state index in [1.807, 2.05) is 48.9 Å². The van der Waals surface area contributed by atoms with Gasteiger partial charge >= 0.3 is 0 Å². The van der Waals surface area contributed by atoms with Crippen LogP contribution < -0.4 is 5.32 Å². The largest absolute Gasteiger partial charge is 0.464 e. The van der Waals surface area contributed by atoms with Gasteiger partial charge in [-0.2, -0.15) is 0 Å². The van der Waals surface area contributed by atoms with E-state index < -0.39 is 0 Å². The number of nitrogens with zero attached hydrogens (tertiary/aromatic N) is 1. The summed E-state index contributed by atoms with van der Waals surface area (Å²) in [6.07, 6.45) is 3.63. The Morgan fingerprint density at radius 3 is 2.78 bits per heavy atom. The van der Waals surface area contributed by atoms with Crippen molar-refractivity contribution in [2.75, 3.05) is 0 Å². The highest BCUT2D eigenvalue weighted by Gasteiger charge is 2.04. The van der Waals surface area contributed by atoms with Crippen LogP contribution in [-0.2, 0) is 13.1 Å². The van der Waals surface area contributed by atoms with Gasteiger partial charge in [0.15, 0.2) is 0 Å². The van der Waals surface area contributed by atoms with Crippen LogP contribution in [0.25, 0.3) is 11.0 Å². The predicted molar refractivity (Wildman–Crippen MR) is 71.0 cm³/mol. The first-order valence-electron chi connectivity index (χ1n) is 5.99. The lowest BCUT2D eigenvalue weighted by molar-refractivity contribution is 0.601. The van der Waals surface area contributed by atoms with Crippen LogP contribution in [-0.4, -0.2) is 4.98 Å². The van der Waals surface area contributed by atoms with Gasteiger partial charge in [-0.25, -0.2) is 0 Å². The molecule has 0 unspecified atom stereocenters. The monoisotopic (exact) mass is 238 g/mol. The molecule has 0 aliphatic rings. The summed E-state index contributed by atoms with van der Waals surface area (Å²) in [5.41, 5.74) is 3.17. The molecular weight excluding hydrogens is 224 g/mol. The van der Waals surface area contributed by atoms with Crippen molar-refractivity contribution >= 4 is 11.0 Å². The van der Waals surface area contributed by atoms with E-state index in [1.165, 1.54) is 10.9 Å². The molecule has 3 aromatic rings. The zero-order valence-electron chi connectivity index (χ0n) is 9.97. The van der Waals surface area contributed by atoms with E-state index in [0.717, 1.165) is 24.4 Å². The number of benzene rings is 1. The van der Waals surface area contributed by atoms with E-state index in [1.54, 1.807) is 0 Å². The van der Waals surface area contributed by atoms with Crippen LogP contribution in [0.1, 0.15) is 11.3 Å². The molecule has 0 atom stereocenters. The molecule has 3 nitrogen and oxygen atoms in total. The van der Waals surface area contributed by atoms with E-state index in [-0.39, 0.29) is 0 Å². The van der Waals surface area contributed by atoms with Crippen molar-refractivity contribution in [1.82, 2.24) is 10.3 Å². The van der Waals surface area contributed by atoms with Crippen molar-refractivity contribution < 1.29 is 4.42 Å². The van der Waals surface area contributed by atoms with E-state index in [2.05, 4.69) is 16.4 Å². The van der Waals surface area contributed by atoms with E-state index in [0.29, 0.717) is 0 Å². The van der Waals surface area contributed by atoms with Gasteiger partial charge in [0, 0.05) is 30.2 Å². The summed E-state index contributed by atoms with van der Waals surface area (Å²) in [5, 5.41) is 4.55. The lowest BCUT2D eigenvalue weighted by atomic mass is 10.2. The van der Waals surface area contributed by atoms with Gasteiger partial charge in [-0.1, -0.05) is 24.3 Å². The Balaban J connectivity index is 1.67. The van der Waals surface area contributed by atoms with Crippen LogP contribution in [0.5, 0.6) is 0 Å². The Kier molecular flexibility index (Phi) is 3.07. The highest BCUT2D eigenvalue weighted by Crippen LogP contribution is 2.20. The molecule has 0 aliphatic carbocycles. The number of rotatable bonds is 4. The normalized spacial score (nSPS) is 10.9. The molecule has 2 aromatic heterocycles. The van der Waals surface area contributed by atoms with E-state index in [4.69, 9.17) is 4.42 Å². The minimum absolute atomic E-state index is 0.764. The maximum absolute atomic E-state index is 5.50. The third kappa shape index (κ3) is 2.26. The lowest BCUT2D eigenvalue weighted by Crippen LogP contribution is -2.13. The highest BCUT2D eigenvalue weighted by molar-refractivity contribution is 5.80. The summed E-state index contributed by atoms with van der Waals surface area (Å²) in [4.78, 5) is 4.27. The Bertz CT molecular complexity index is 631. The molecule has 1 N–H and O–H groups in total. The van der Waals surface area contributed by atoms with E-state index in [9.17, 15) is 0 Å². The highest BCUT2D eigenvalue weighted by atomic mass is 16.3. The molecule has 0 bridgehead atoms. The van der Waals surface area contributed by atoms with Crippen molar-refractivity contribution in [2.24, 2.45) is 0 Å². The summed E-state index contributed by atoms with van der Waals surface area (Å²) < 4.78 is 5.50. The number of aromatic nitrogens is 1. The number of nitrogens with one attached hydrogen (secondary N) is 1. The zero-order valence-corrected chi connectivity index (χ0v) is 9.97. The fourth-order valence-electron chi connectivity index (χ4n) is 2.00. The zero-order chi connectivity index (χ0) is 12.2. The molecular formula is C15H14N2O. The molecule has 90 valence electrons. The molecule has 3 rings (SSSR count). The summed E-state index contributed by atoms with van der Waals surface area (Å²) in [6.45, 7) is 1.55. The summed E-state index contributed by atoms with van der Waals surface area (Å²) in [6, 6.07) is 14.0. The van der Waals surface area contributed by atoms with Gasteiger partial charge in [0.1, 0.15) is 5.58 Å². The van der Waals surface area contributed by atoms with Crippen LogP contribution in [0.4, 0.5) is 0 Å². The number of hydrogen-bond acceptors (Lipinski definition) is 3. The average Bonchev–Trinajstić information content (AvgIpc) is 2.84. The van der Waals surface area contributed by atoms with Gasteiger partial charge in [0.05, 0.1) is 12.0 Å². The summed E-state index contributed by atoms with van der Waals surface area (Å²) >= 11 is 0. The predicted octanol–water partition coefficient (Wildman–Crippen LogP) is 3.12. The molecule has 2 heterocycles. The van der Waals surface area contributed by atoms with Crippen LogP contribution >= 0.6 is 0 Å². The van der Waals surface area contributed by atoms with Crippen LogP contribution in [0.3, 0.4) is 0 Å². The van der Waals surface area contributed by atoms with Crippen molar-refractivity contribution in [3.05, 3.63) is 66.2 Å². The van der Waals surface area contributed by atoms with Gasteiger partial charge in [-0.3, -0.25) is 4.98 Å². The molecule has 0 saturated heterocycles. The van der Waals surface area contributed by atoms with Gasteiger partial charge in [0.25, 0.3) is 0 Å². The summed E-state index contributed by atoms with van der Waals surface area (Å²) in [7, 11) is 0. The Labute approximate surface area is 105 Å². The second-order valence-corrected chi connectivity index (χ2v) is 4.18. The quantitative estimate of drug-likeness (QED) is 0.759. The Morgan fingerprint density at radius 2 is 1.89 bits per heavy atom. The third-order valence-electron chi connectivity index (χ3n) is 2.91. The van der Waals surface area contributed by atoms with Crippen molar-refractivity contribution in [3.63, 3.8) is 0 Å². The molecule has 0 spiro atoms. The average molecular weight is 238 g/mol. The molecule has 0 fully saturated rings. The van der Waals surface area contributed by atoms with Gasteiger partial charge in [-0.05, 0) is 18.2 Å². The first-order chi connectivity index (χ1) is 8.93. The van der Waals surface area contributed by atoms with E-state index >= 15 is 0 Å². The lowest BCUT2D eigenvalue weighted by Gasteiger charge is -2.02. The van der Waals surface area contributed by atoms with Crippen molar-refractivity contribution in [3.8, 4) is 0 Å². The second-order valence-electron chi connectivity index (χ2n) is 4.18. The number of hydrogen-bond donors (Lipinski definition) is 1. The van der Waals surface area contributed by atoms with Gasteiger partial charge in [0.2, 0.25) is 0 Å². The molecule has 0 amide bonds. The molecule has 1 aromatic carbocycles. The van der Waals surface area contributed by atoms with Gasteiger partial charge in [-0.15, -0.1) is 0 Å². The maximum Gasteiger partial charge on any atom is 0.134 e. The Hall–Kier alpha value is -2.13. The molecule has 0 radical (unpaired) electrons. The van der Waals surface area contributed by atoms with Gasteiger partial charge < -0.3 is 9.73 Å². The maximum atomic E-state index is 5.50. The van der Waals surface area contributed by atoms with Crippen molar-refractivity contribution in [2.45, 2.75) is 13.1 Å². The Morgan fingerprint density at radius 1 is 1.00 bits per heavy atom. The summed E-state index contributed by atoms with van der Waals surface area (Å²) in [5.74, 6) is 0. The minimum atomic E-state index is 0.764. The SMILES string of the molecule is c1ccc(CNCc2coc3ccccc23)nc1. The first-order valence-corrected chi connectivity index (χ1v) is 5.99. The molecule has 0 aliphatic heterocycles. The topological polar surface area (TPSA) is 38.1 Å². The minimum Gasteiger partial charge on any atom is -0.464 e. The number of para-hydroxylation sites is 1. The number of furan rings is 1. The van der Waals surface area contributed by atoms with Crippen LogP contribution in [0, 0.1) is 0 Å². The second kappa shape index (κ2) is 5.02. The fourth-order valence-corrected chi connectivity index (χ4v) is 2.00. The standard InChI is InChI=1S/C15H14N2O/c1-2-7-15-14(6-1)12(11-18-15)9-16-10-13-5-3-4-8-17-13/h1-8,11,16H,9-10H2. The first kappa shape index (κ1) is 11.0. The number of fused-ring (bicyclic) bond motifs is 1. The molecule has 3 heteroatoms.